The summed E-state index contributed by atoms with van der Waals surface area (Å²) < 4.78 is 6.94. The summed E-state index contributed by atoms with van der Waals surface area (Å²) in [4.78, 5) is 30.3. The molecule has 3 heterocycles. The van der Waals surface area contributed by atoms with Crippen molar-refractivity contribution in [2.75, 3.05) is 11.1 Å². The minimum Gasteiger partial charge on any atom is -0.467 e. The molecule has 3 aromatic heterocycles. The first kappa shape index (κ1) is 21.1. The van der Waals surface area contributed by atoms with Crippen LogP contribution in [0.25, 0.3) is 21.5 Å². The molecule has 0 saturated carbocycles. The molecule has 1 amide bonds. The van der Waals surface area contributed by atoms with Gasteiger partial charge in [-0.25, -0.2) is 4.98 Å². The van der Waals surface area contributed by atoms with Gasteiger partial charge in [0.2, 0.25) is 11.0 Å². The third kappa shape index (κ3) is 4.71. The van der Waals surface area contributed by atoms with Crippen molar-refractivity contribution < 1.29 is 9.21 Å². The van der Waals surface area contributed by atoms with E-state index in [1.807, 2.05) is 36.4 Å². The molecule has 5 rings (SSSR count). The summed E-state index contributed by atoms with van der Waals surface area (Å²) in [5.74, 6) is 0.425. The number of rotatable bonds is 7. The van der Waals surface area contributed by atoms with Gasteiger partial charge in [-0.1, -0.05) is 65.6 Å². The molecule has 0 atom stereocenters. The second-order valence-electron chi connectivity index (χ2n) is 7.00. The maximum Gasteiger partial charge on any atom is 0.262 e. The van der Waals surface area contributed by atoms with Gasteiger partial charge in [-0.05, 0) is 24.3 Å². The van der Waals surface area contributed by atoms with E-state index >= 15 is 0 Å². The van der Waals surface area contributed by atoms with E-state index in [1.165, 1.54) is 27.7 Å². The van der Waals surface area contributed by atoms with Gasteiger partial charge in [0.1, 0.15) is 10.8 Å². The van der Waals surface area contributed by atoms with Crippen molar-refractivity contribution in [3.05, 3.63) is 89.1 Å². The lowest BCUT2D eigenvalue weighted by molar-refractivity contribution is -0.113. The number of para-hydroxylation sites is 1. The normalized spacial score (nSPS) is 11.0. The number of nitrogens with one attached hydrogen (secondary N) is 1. The van der Waals surface area contributed by atoms with Crippen LogP contribution >= 0.6 is 23.1 Å². The van der Waals surface area contributed by atoms with E-state index in [0.717, 1.165) is 10.6 Å². The molecule has 33 heavy (non-hydrogen) atoms. The van der Waals surface area contributed by atoms with E-state index in [1.54, 1.807) is 36.6 Å². The van der Waals surface area contributed by atoms with Crippen LogP contribution in [0, 0.1) is 0 Å². The molecule has 0 unspecified atom stereocenters. The van der Waals surface area contributed by atoms with Crippen LogP contribution in [0.1, 0.15) is 5.76 Å². The predicted octanol–water partition coefficient (Wildman–Crippen LogP) is 4.29. The molecular formula is C23H17N5O3S2. The summed E-state index contributed by atoms with van der Waals surface area (Å²) in [7, 11) is 0. The maximum absolute atomic E-state index is 13.1. The van der Waals surface area contributed by atoms with Crippen molar-refractivity contribution in [2.24, 2.45) is 0 Å². The number of amides is 1. The maximum atomic E-state index is 13.1. The van der Waals surface area contributed by atoms with Gasteiger partial charge < -0.3 is 4.42 Å². The summed E-state index contributed by atoms with van der Waals surface area (Å²) in [6.07, 6.45) is 1.56. The molecule has 0 radical (unpaired) electrons. The standard InChI is InChI=1S/C23H17N5O3S2/c29-19(25-22-27-26-20(33-22)15-7-2-1-3-8-15)14-32-23-24-18-11-5-4-10-17(18)21(30)28(23)13-16-9-6-12-31-16/h1-12H,13-14H2,(H,25,27,29). The van der Waals surface area contributed by atoms with Crippen LogP contribution in [0.2, 0.25) is 0 Å². The summed E-state index contributed by atoms with van der Waals surface area (Å²) in [5, 5.41) is 13.1. The molecule has 8 nitrogen and oxygen atoms in total. The number of hydrogen-bond acceptors (Lipinski definition) is 8. The predicted molar refractivity (Wildman–Crippen MR) is 129 cm³/mol. The number of anilines is 1. The SMILES string of the molecule is O=C(CSc1nc2ccccc2c(=O)n1Cc1ccco1)Nc1nnc(-c2ccccc2)s1. The molecule has 0 fully saturated rings. The van der Waals surface area contributed by atoms with Gasteiger partial charge >= 0.3 is 0 Å². The van der Waals surface area contributed by atoms with Gasteiger partial charge in [0.25, 0.3) is 5.56 Å². The van der Waals surface area contributed by atoms with Crippen molar-refractivity contribution in [3.8, 4) is 10.6 Å². The van der Waals surface area contributed by atoms with Gasteiger partial charge in [-0.15, -0.1) is 10.2 Å². The fourth-order valence-corrected chi connectivity index (χ4v) is 4.78. The number of carbonyl (C=O) groups excluding carboxylic acids is 1. The first-order valence-electron chi connectivity index (χ1n) is 10.0. The Kier molecular flexibility index (Phi) is 6.01. The summed E-state index contributed by atoms with van der Waals surface area (Å²) >= 11 is 2.48. The van der Waals surface area contributed by atoms with E-state index in [0.29, 0.717) is 27.0 Å². The van der Waals surface area contributed by atoms with Crippen molar-refractivity contribution in [3.63, 3.8) is 0 Å². The molecular weight excluding hydrogens is 458 g/mol. The molecule has 164 valence electrons. The Bertz CT molecular complexity index is 1460. The first-order chi connectivity index (χ1) is 16.2. The molecule has 0 saturated heterocycles. The van der Waals surface area contributed by atoms with Crippen molar-refractivity contribution in [2.45, 2.75) is 11.7 Å². The molecule has 0 spiro atoms. The Morgan fingerprint density at radius 1 is 1.03 bits per heavy atom. The van der Waals surface area contributed by atoms with Crippen LogP contribution in [-0.4, -0.2) is 31.4 Å². The largest absolute Gasteiger partial charge is 0.467 e. The second-order valence-corrected chi connectivity index (χ2v) is 8.92. The zero-order valence-corrected chi connectivity index (χ0v) is 18.8. The fraction of sp³-hybridized carbons (Fsp3) is 0.0870. The number of carbonyl (C=O) groups is 1. The van der Waals surface area contributed by atoms with Crippen molar-refractivity contribution in [1.82, 2.24) is 19.7 Å². The van der Waals surface area contributed by atoms with E-state index in [9.17, 15) is 9.59 Å². The Labute approximate surface area is 196 Å². The summed E-state index contributed by atoms with van der Waals surface area (Å²) in [6.45, 7) is 0.227. The molecule has 0 aliphatic rings. The van der Waals surface area contributed by atoms with Crippen LogP contribution in [-0.2, 0) is 11.3 Å². The van der Waals surface area contributed by atoms with E-state index in [2.05, 4.69) is 20.5 Å². The lowest BCUT2D eigenvalue weighted by atomic mass is 10.2. The second kappa shape index (κ2) is 9.39. The van der Waals surface area contributed by atoms with E-state index in [4.69, 9.17) is 4.42 Å². The summed E-state index contributed by atoms with van der Waals surface area (Å²) in [6, 6.07) is 20.3. The van der Waals surface area contributed by atoms with Crippen LogP contribution in [0.4, 0.5) is 5.13 Å². The van der Waals surface area contributed by atoms with Crippen LogP contribution in [0.15, 0.2) is 87.4 Å². The lowest BCUT2D eigenvalue weighted by Gasteiger charge is -2.11. The number of furan rings is 1. The quantitative estimate of drug-likeness (QED) is 0.277. The zero-order chi connectivity index (χ0) is 22.6. The Balaban J connectivity index is 1.34. The average Bonchev–Trinajstić information content (AvgIpc) is 3.53. The molecule has 2 aromatic carbocycles. The minimum absolute atomic E-state index is 0.0587. The number of nitrogens with zero attached hydrogens (tertiary/aromatic N) is 4. The zero-order valence-electron chi connectivity index (χ0n) is 17.2. The molecule has 0 bridgehead atoms. The highest BCUT2D eigenvalue weighted by molar-refractivity contribution is 7.99. The highest BCUT2D eigenvalue weighted by Gasteiger charge is 2.16. The van der Waals surface area contributed by atoms with E-state index in [-0.39, 0.29) is 23.8 Å². The topological polar surface area (TPSA) is 103 Å². The first-order valence-corrected chi connectivity index (χ1v) is 11.8. The Hall–Kier alpha value is -3.76. The number of hydrogen-bond donors (Lipinski definition) is 1. The van der Waals surface area contributed by atoms with Crippen molar-refractivity contribution >= 4 is 45.0 Å². The van der Waals surface area contributed by atoms with Gasteiger partial charge in [-0.3, -0.25) is 19.5 Å². The van der Waals surface area contributed by atoms with Gasteiger partial charge in [-0.2, -0.15) is 0 Å². The molecule has 10 heteroatoms. The van der Waals surface area contributed by atoms with Crippen LogP contribution < -0.4 is 10.9 Å². The van der Waals surface area contributed by atoms with Gasteiger partial charge in [0, 0.05) is 5.56 Å². The Morgan fingerprint density at radius 2 is 1.85 bits per heavy atom. The highest BCUT2D eigenvalue weighted by Crippen LogP contribution is 2.26. The minimum atomic E-state index is -0.261. The van der Waals surface area contributed by atoms with Gasteiger partial charge in [0.15, 0.2) is 5.16 Å². The third-order valence-corrected chi connectivity index (χ3v) is 6.61. The number of benzene rings is 2. The van der Waals surface area contributed by atoms with Crippen LogP contribution in [0.3, 0.4) is 0 Å². The molecule has 0 aliphatic heterocycles. The Morgan fingerprint density at radius 3 is 2.67 bits per heavy atom. The number of fused-ring (bicyclic) bond motifs is 1. The average molecular weight is 476 g/mol. The molecule has 5 aromatic rings. The molecule has 1 N–H and O–H groups in total. The monoisotopic (exact) mass is 475 g/mol. The summed E-state index contributed by atoms with van der Waals surface area (Å²) in [5.41, 5.74) is 1.33. The highest BCUT2D eigenvalue weighted by atomic mass is 32.2. The molecule has 0 aliphatic carbocycles. The van der Waals surface area contributed by atoms with Crippen LogP contribution in [0.5, 0.6) is 0 Å². The van der Waals surface area contributed by atoms with E-state index < -0.39 is 0 Å². The lowest BCUT2D eigenvalue weighted by Crippen LogP contribution is -2.24. The number of aromatic nitrogens is 4. The number of thioether (sulfide) groups is 1. The van der Waals surface area contributed by atoms with Gasteiger partial charge in [0.05, 0.1) is 29.5 Å². The third-order valence-electron chi connectivity index (χ3n) is 4.75. The fourth-order valence-electron chi connectivity index (χ4n) is 3.21. The van der Waals surface area contributed by atoms with Crippen molar-refractivity contribution in [1.29, 1.82) is 0 Å². The smallest absolute Gasteiger partial charge is 0.262 e.